The smallest absolute Gasteiger partial charge is 0.390 e. The van der Waals surface area contributed by atoms with E-state index in [0.29, 0.717) is 11.3 Å². The molecule has 2 N–H and O–H groups in total. The second-order valence-electron chi connectivity index (χ2n) is 3.74. The quantitative estimate of drug-likeness (QED) is 0.926. The van der Waals surface area contributed by atoms with Crippen LogP contribution in [0.4, 0.5) is 13.2 Å². The van der Waals surface area contributed by atoms with Gasteiger partial charge in [0.25, 0.3) is 0 Å². The van der Waals surface area contributed by atoms with Gasteiger partial charge in [-0.05, 0) is 30.2 Å². The van der Waals surface area contributed by atoms with Crippen molar-refractivity contribution in [3.05, 3.63) is 28.2 Å². The molecule has 1 aromatic rings. The number of hydrogen-bond acceptors (Lipinski definition) is 2. The number of alkyl halides is 3. The highest BCUT2D eigenvalue weighted by atomic mass is 79.9. The standard InChI is InChI=1S/C11H13BrF3NO/c1-17-9-2-3-10(12)7(5-9)4-8(16)6-11(13,14)15/h2-3,5,8H,4,6,16H2,1H3. The van der Waals surface area contributed by atoms with Crippen LogP contribution in [0.1, 0.15) is 12.0 Å². The number of ether oxygens (including phenoxy) is 1. The number of hydrogen-bond donors (Lipinski definition) is 1. The highest BCUT2D eigenvalue weighted by molar-refractivity contribution is 9.10. The van der Waals surface area contributed by atoms with Gasteiger partial charge >= 0.3 is 6.18 Å². The Balaban J connectivity index is 2.73. The van der Waals surface area contributed by atoms with E-state index in [1.165, 1.54) is 7.11 Å². The molecule has 0 aromatic heterocycles. The fourth-order valence-corrected chi connectivity index (χ4v) is 1.89. The van der Waals surface area contributed by atoms with Crippen LogP contribution in [-0.4, -0.2) is 19.3 Å². The summed E-state index contributed by atoms with van der Waals surface area (Å²) in [6.45, 7) is 0. The van der Waals surface area contributed by atoms with Crippen LogP contribution in [0.3, 0.4) is 0 Å². The van der Waals surface area contributed by atoms with Gasteiger partial charge in [0.15, 0.2) is 0 Å². The molecule has 0 fully saturated rings. The monoisotopic (exact) mass is 311 g/mol. The second-order valence-corrected chi connectivity index (χ2v) is 4.60. The van der Waals surface area contributed by atoms with Crippen LogP contribution in [0.15, 0.2) is 22.7 Å². The molecule has 2 nitrogen and oxygen atoms in total. The van der Waals surface area contributed by atoms with Gasteiger partial charge < -0.3 is 10.5 Å². The Morgan fingerprint density at radius 3 is 2.59 bits per heavy atom. The third-order valence-electron chi connectivity index (χ3n) is 2.23. The molecule has 0 heterocycles. The van der Waals surface area contributed by atoms with Crippen molar-refractivity contribution in [2.24, 2.45) is 5.73 Å². The van der Waals surface area contributed by atoms with Gasteiger partial charge in [0.1, 0.15) is 5.75 Å². The molecule has 1 aromatic carbocycles. The molecule has 0 bridgehead atoms. The zero-order chi connectivity index (χ0) is 13.1. The predicted molar refractivity (Wildman–Crippen MR) is 63.0 cm³/mol. The average Bonchev–Trinajstić information content (AvgIpc) is 2.18. The van der Waals surface area contributed by atoms with Crippen molar-refractivity contribution < 1.29 is 17.9 Å². The number of nitrogens with two attached hydrogens (primary N) is 1. The summed E-state index contributed by atoms with van der Waals surface area (Å²) >= 11 is 3.28. The molecular formula is C11H13BrF3NO. The largest absolute Gasteiger partial charge is 0.497 e. The summed E-state index contributed by atoms with van der Waals surface area (Å²) in [5, 5.41) is 0. The average molecular weight is 312 g/mol. The number of methoxy groups -OCH3 is 1. The predicted octanol–water partition coefficient (Wildman–Crippen LogP) is 3.28. The number of benzene rings is 1. The molecule has 0 saturated heterocycles. The Bertz CT molecular complexity index is 381. The minimum atomic E-state index is -4.23. The highest BCUT2D eigenvalue weighted by Crippen LogP contribution is 2.26. The van der Waals surface area contributed by atoms with Gasteiger partial charge in [-0.15, -0.1) is 0 Å². The molecule has 0 spiro atoms. The molecule has 0 radical (unpaired) electrons. The normalized spacial score (nSPS) is 13.5. The maximum Gasteiger partial charge on any atom is 0.390 e. The molecule has 6 heteroatoms. The van der Waals surface area contributed by atoms with Gasteiger partial charge in [0.2, 0.25) is 0 Å². The molecule has 0 amide bonds. The van der Waals surface area contributed by atoms with Gasteiger partial charge in [0, 0.05) is 10.5 Å². The van der Waals surface area contributed by atoms with Crippen LogP contribution in [0, 0.1) is 0 Å². The van der Waals surface area contributed by atoms with Crippen molar-refractivity contribution in [3.63, 3.8) is 0 Å². The highest BCUT2D eigenvalue weighted by Gasteiger charge is 2.30. The third-order valence-corrected chi connectivity index (χ3v) is 3.00. The lowest BCUT2D eigenvalue weighted by Crippen LogP contribution is -2.29. The maximum absolute atomic E-state index is 12.1. The van der Waals surface area contributed by atoms with Gasteiger partial charge in [-0.2, -0.15) is 13.2 Å². The molecule has 1 rings (SSSR count). The first kappa shape index (κ1) is 14.3. The summed E-state index contributed by atoms with van der Waals surface area (Å²) in [7, 11) is 1.50. The van der Waals surface area contributed by atoms with Crippen molar-refractivity contribution in [2.45, 2.75) is 25.1 Å². The van der Waals surface area contributed by atoms with Crippen LogP contribution in [0.5, 0.6) is 5.75 Å². The van der Waals surface area contributed by atoms with Gasteiger partial charge in [-0.1, -0.05) is 15.9 Å². The van der Waals surface area contributed by atoms with E-state index in [-0.39, 0.29) is 6.42 Å². The summed E-state index contributed by atoms with van der Waals surface area (Å²) in [5.74, 6) is 0.599. The minimum absolute atomic E-state index is 0.150. The topological polar surface area (TPSA) is 35.2 Å². The van der Waals surface area contributed by atoms with Crippen molar-refractivity contribution in [3.8, 4) is 5.75 Å². The molecule has 96 valence electrons. The van der Waals surface area contributed by atoms with Crippen molar-refractivity contribution in [1.29, 1.82) is 0 Å². The van der Waals surface area contributed by atoms with Crippen LogP contribution >= 0.6 is 15.9 Å². The van der Waals surface area contributed by atoms with E-state index in [0.717, 1.165) is 4.47 Å². The Morgan fingerprint density at radius 2 is 2.06 bits per heavy atom. The first-order chi connectivity index (χ1) is 7.81. The Kier molecular flexibility index (Phi) is 4.82. The van der Waals surface area contributed by atoms with E-state index in [1.807, 2.05) is 0 Å². The number of rotatable bonds is 4. The molecule has 1 atom stereocenters. The molecule has 0 saturated carbocycles. The Morgan fingerprint density at radius 1 is 1.41 bits per heavy atom. The van der Waals surface area contributed by atoms with Crippen molar-refractivity contribution >= 4 is 15.9 Å². The molecule has 0 aliphatic carbocycles. The summed E-state index contributed by atoms with van der Waals surface area (Å²) in [5.41, 5.74) is 6.18. The fourth-order valence-electron chi connectivity index (χ4n) is 1.49. The summed E-state index contributed by atoms with van der Waals surface area (Å²) in [6, 6.07) is 4.19. The molecule has 0 aliphatic rings. The summed E-state index contributed by atoms with van der Waals surface area (Å²) in [4.78, 5) is 0. The number of halogens is 4. The fraction of sp³-hybridized carbons (Fsp3) is 0.455. The van der Waals surface area contributed by atoms with Crippen LogP contribution < -0.4 is 10.5 Å². The first-order valence-corrected chi connectivity index (χ1v) is 5.76. The van der Waals surface area contributed by atoms with Crippen molar-refractivity contribution in [2.75, 3.05) is 7.11 Å². The Hall–Kier alpha value is -0.750. The maximum atomic E-state index is 12.1. The van der Waals surface area contributed by atoms with Gasteiger partial charge in [0.05, 0.1) is 13.5 Å². The first-order valence-electron chi connectivity index (χ1n) is 4.96. The van der Waals surface area contributed by atoms with Crippen LogP contribution in [0.2, 0.25) is 0 Å². The van der Waals surface area contributed by atoms with E-state index in [4.69, 9.17) is 10.5 Å². The lowest BCUT2D eigenvalue weighted by Gasteiger charge is -2.15. The summed E-state index contributed by atoms with van der Waals surface area (Å²) in [6.07, 6.45) is -5.07. The van der Waals surface area contributed by atoms with Crippen molar-refractivity contribution in [1.82, 2.24) is 0 Å². The Labute approximate surface area is 106 Å². The zero-order valence-electron chi connectivity index (χ0n) is 9.22. The lowest BCUT2D eigenvalue weighted by molar-refractivity contribution is -0.138. The molecule has 17 heavy (non-hydrogen) atoms. The molecular weight excluding hydrogens is 299 g/mol. The van der Waals surface area contributed by atoms with E-state index in [1.54, 1.807) is 18.2 Å². The third kappa shape index (κ3) is 4.95. The SMILES string of the molecule is COc1ccc(Br)c(CC(N)CC(F)(F)F)c1. The van der Waals surface area contributed by atoms with Crippen LogP contribution in [0.25, 0.3) is 0 Å². The summed E-state index contributed by atoms with van der Waals surface area (Å²) < 4.78 is 42.2. The van der Waals surface area contributed by atoms with Gasteiger partial charge in [-0.3, -0.25) is 0 Å². The second kappa shape index (κ2) is 5.73. The van der Waals surface area contributed by atoms with Gasteiger partial charge in [-0.25, -0.2) is 0 Å². The zero-order valence-corrected chi connectivity index (χ0v) is 10.8. The lowest BCUT2D eigenvalue weighted by atomic mass is 10.0. The van der Waals surface area contributed by atoms with E-state index >= 15 is 0 Å². The molecule has 0 aliphatic heterocycles. The van der Waals surface area contributed by atoms with E-state index < -0.39 is 18.6 Å². The molecule has 1 unspecified atom stereocenters. The van der Waals surface area contributed by atoms with E-state index in [9.17, 15) is 13.2 Å². The van der Waals surface area contributed by atoms with E-state index in [2.05, 4.69) is 15.9 Å². The minimum Gasteiger partial charge on any atom is -0.497 e. The van der Waals surface area contributed by atoms with Crippen LogP contribution in [-0.2, 0) is 6.42 Å².